The third-order valence-corrected chi connectivity index (χ3v) is 3.86. The standard InChI is InChI=1S/C16H22O5/c1-20-15(16(18)19)10-11-6-8-12(9-7-11)21-14-5-3-2-4-13(14)17/h6-9,13-15,17H,2-5,10H2,1H3,(H,18,19). The molecule has 0 bridgehead atoms. The van der Waals surface area contributed by atoms with Gasteiger partial charge in [-0.3, -0.25) is 0 Å². The highest BCUT2D eigenvalue weighted by molar-refractivity contribution is 5.72. The number of carbonyl (C=O) groups is 1. The second-order valence-corrected chi connectivity index (χ2v) is 5.42. The van der Waals surface area contributed by atoms with E-state index in [4.69, 9.17) is 14.6 Å². The zero-order valence-corrected chi connectivity index (χ0v) is 12.2. The molecule has 1 aliphatic rings. The summed E-state index contributed by atoms with van der Waals surface area (Å²) in [6.07, 6.45) is 2.72. The number of ether oxygens (including phenoxy) is 2. The summed E-state index contributed by atoms with van der Waals surface area (Å²) in [6, 6.07) is 7.29. The maximum Gasteiger partial charge on any atom is 0.333 e. The fraction of sp³-hybridized carbons (Fsp3) is 0.562. The number of aliphatic carboxylic acids is 1. The molecule has 3 unspecified atom stereocenters. The molecule has 0 aromatic heterocycles. The van der Waals surface area contributed by atoms with Gasteiger partial charge in [-0.25, -0.2) is 4.79 Å². The Morgan fingerprint density at radius 3 is 2.52 bits per heavy atom. The van der Waals surface area contributed by atoms with E-state index in [0.29, 0.717) is 12.2 Å². The molecule has 0 heterocycles. The summed E-state index contributed by atoms with van der Waals surface area (Å²) in [5, 5.41) is 18.8. The molecule has 1 aromatic carbocycles. The third-order valence-electron chi connectivity index (χ3n) is 3.86. The third kappa shape index (κ3) is 4.44. The minimum Gasteiger partial charge on any atom is -0.488 e. The molecule has 0 saturated heterocycles. The minimum atomic E-state index is -0.969. The molecule has 0 aliphatic heterocycles. The van der Waals surface area contributed by atoms with Crippen molar-refractivity contribution in [3.63, 3.8) is 0 Å². The van der Waals surface area contributed by atoms with Crippen LogP contribution in [0.5, 0.6) is 5.75 Å². The molecule has 0 amide bonds. The highest BCUT2D eigenvalue weighted by atomic mass is 16.5. The van der Waals surface area contributed by atoms with E-state index in [0.717, 1.165) is 31.2 Å². The van der Waals surface area contributed by atoms with Gasteiger partial charge in [0.2, 0.25) is 0 Å². The van der Waals surface area contributed by atoms with E-state index in [1.165, 1.54) is 7.11 Å². The summed E-state index contributed by atoms with van der Waals surface area (Å²) in [5.74, 6) is -0.267. The van der Waals surface area contributed by atoms with Crippen LogP contribution in [0.1, 0.15) is 31.2 Å². The predicted molar refractivity (Wildman–Crippen MR) is 77.5 cm³/mol. The summed E-state index contributed by atoms with van der Waals surface area (Å²) in [7, 11) is 1.39. The van der Waals surface area contributed by atoms with Crippen LogP contribution in [0, 0.1) is 0 Å². The summed E-state index contributed by atoms with van der Waals surface area (Å²) in [4.78, 5) is 10.9. The van der Waals surface area contributed by atoms with Crippen LogP contribution < -0.4 is 4.74 Å². The Morgan fingerprint density at radius 2 is 1.95 bits per heavy atom. The lowest BCUT2D eigenvalue weighted by molar-refractivity contribution is -0.148. The van der Waals surface area contributed by atoms with E-state index in [1.54, 1.807) is 0 Å². The Hall–Kier alpha value is -1.59. The number of carboxylic acid groups (broad SMARTS) is 1. The van der Waals surface area contributed by atoms with Gasteiger partial charge in [-0.15, -0.1) is 0 Å². The maximum atomic E-state index is 10.9. The normalized spacial score (nSPS) is 23.5. The maximum absolute atomic E-state index is 10.9. The van der Waals surface area contributed by atoms with Crippen LogP contribution in [0.3, 0.4) is 0 Å². The van der Waals surface area contributed by atoms with Gasteiger partial charge in [0.05, 0.1) is 6.10 Å². The summed E-state index contributed by atoms with van der Waals surface area (Å²) in [5.41, 5.74) is 0.876. The summed E-state index contributed by atoms with van der Waals surface area (Å²) < 4.78 is 10.7. The molecule has 2 N–H and O–H groups in total. The first-order chi connectivity index (χ1) is 10.1. The molecule has 21 heavy (non-hydrogen) atoms. The van der Waals surface area contributed by atoms with E-state index in [1.807, 2.05) is 24.3 Å². The number of methoxy groups -OCH3 is 1. The number of carboxylic acids is 1. The van der Waals surface area contributed by atoms with Crippen molar-refractivity contribution in [1.82, 2.24) is 0 Å². The van der Waals surface area contributed by atoms with E-state index in [2.05, 4.69) is 0 Å². The van der Waals surface area contributed by atoms with Crippen LogP contribution in [0.15, 0.2) is 24.3 Å². The molecular formula is C16H22O5. The highest BCUT2D eigenvalue weighted by Gasteiger charge is 2.24. The fourth-order valence-corrected chi connectivity index (χ4v) is 2.58. The molecule has 3 atom stereocenters. The van der Waals surface area contributed by atoms with Crippen LogP contribution >= 0.6 is 0 Å². The van der Waals surface area contributed by atoms with Crippen molar-refractivity contribution in [3.8, 4) is 5.75 Å². The molecular weight excluding hydrogens is 272 g/mol. The number of hydrogen-bond acceptors (Lipinski definition) is 4. The molecule has 0 spiro atoms. The van der Waals surface area contributed by atoms with Gasteiger partial charge in [0, 0.05) is 13.5 Å². The molecule has 5 nitrogen and oxygen atoms in total. The van der Waals surface area contributed by atoms with Crippen LogP contribution in [0.4, 0.5) is 0 Å². The van der Waals surface area contributed by atoms with Crippen LogP contribution in [-0.2, 0) is 16.0 Å². The van der Waals surface area contributed by atoms with E-state index in [9.17, 15) is 9.90 Å². The first-order valence-corrected chi connectivity index (χ1v) is 7.29. The second-order valence-electron chi connectivity index (χ2n) is 5.42. The fourth-order valence-electron chi connectivity index (χ4n) is 2.58. The number of hydrogen-bond donors (Lipinski definition) is 2. The zero-order valence-electron chi connectivity index (χ0n) is 12.2. The van der Waals surface area contributed by atoms with Crippen LogP contribution in [0.2, 0.25) is 0 Å². The highest BCUT2D eigenvalue weighted by Crippen LogP contribution is 2.24. The van der Waals surface area contributed by atoms with Gasteiger partial charge in [0.15, 0.2) is 6.10 Å². The quantitative estimate of drug-likeness (QED) is 0.839. The lowest BCUT2D eigenvalue weighted by Crippen LogP contribution is -2.34. The molecule has 116 valence electrons. The van der Waals surface area contributed by atoms with Crippen molar-refractivity contribution in [2.45, 2.75) is 50.4 Å². The topological polar surface area (TPSA) is 76.0 Å². The number of aliphatic hydroxyl groups excluding tert-OH is 1. The molecule has 1 fully saturated rings. The Kier molecular flexibility index (Phi) is 5.59. The van der Waals surface area contributed by atoms with Gasteiger partial charge in [0.1, 0.15) is 11.9 Å². The average Bonchev–Trinajstić information content (AvgIpc) is 2.48. The van der Waals surface area contributed by atoms with Crippen molar-refractivity contribution in [3.05, 3.63) is 29.8 Å². The Bertz CT molecular complexity index is 456. The van der Waals surface area contributed by atoms with E-state index in [-0.39, 0.29) is 6.10 Å². The van der Waals surface area contributed by atoms with Gasteiger partial charge in [-0.2, -0.15) is 0 Å². The minimum absolute atomic E-state index is 0.143. The summed E-state index contributed by atoms with van der Waals surface area (Å²) in [6.45, 7) is 0. The molecule has 1 aliphatic carbocycles. The van der Waals surface area contributed by atoms with Crippen molar-refractivity contribution >= 4 is 5.97 Å². The smallest absolute Gasteiger partial charge is 0.333 e. The van der Waals surface area contributed by atoms with Gasteiger partial charge in [-0.05, 0) is 37.0 Å². The Labute approximate surface area is 124 Å². The lowest BCUT2D eigenvalue weighted by Gasteiger charge is -2.28. The van der Waals surface area contributed by atoms with Crippen molar-refractivity contribution in [1.29, 1.82) is 0 Å². The van der Waals surface area contributed by atoms with Gasteiger partial charge < -0.3 is 19.7 Å². The molecule has 1 saturated carbocycles. The molecule has 1 aromatic rings. The zero-order chi connectivity index (χ0) is 15.2. The van der Waals surface area contributed by atoms with Crippen LogP contribution in [0.25, 0.3) is 0 Å². The van der Waals surface area contributed by atoms with Gasteiger partial charge in [0.25, 0.3) is 0 Å². The van der Waals surface area contributed by atoms with E-state index < -0.39 is 18.2 Å². The molecule has 5 heteroatoms. The predicted octanol–water partition coefficient (Wildman–Crippen LogP) is 2.01. The Balaban J connectivity index is 1.93. The monoisotopic (exact) mass is 294 g/mol. The van der Waals surface area contributed by atoms with E-state index >= 15 is 0 Å². The number of benzene rings is 1. The number of rotatable bonds is 6. The van der Waals surface area contributed by atoms with Crippen LogP contribution in [-0.4, -0.2) is 41.6 Å². The SMILES string of the molecule is COC(Cc1ccc(OC2CCCCC2O)cc1)C(=O)O. The van der Waals surface area contributed by atoms with Gasteiger partial charge >= 0.3 is 5.97 Å². The Morgan fingerprint density at radius 1 is 1.29 bits per heavy atom. The molecule has 0 radical (unpaired) electrons. The second kappa shape index (κ2) is 7.43. The molecule has 2 rings (SSSR count). The summed E-state index contributed by atoms with van der Waals surface area (Å²) >= 11 is 0. The first kappa shape index (κ1) is 15.8. The lowest BCUT2D eigenvalue weighted by atomic mass is 9.95. The first-order valence-electron chi connectivity index (χ1n) is 7.29. The van der Waals surface area contributed by atoms with Crippen molar-refractivity contribution < 1.29 is 24.5 Å². The van der Waals surface area contributed by atoms with Gasteiger partial charge in [-0.1, -0.05) is 18.6 Å². The van der Waals surface area contributed by atoms with Crippen molar-refractivity contribution in [2.75, 3.05) is 7.11 Å². The average molecular weight is 294 g/mol. The number of aliphatic hydroxyl groups is 1. The largest absolute Gasteiger partial charge is 0.488 e. The van der Waals surface area contributed by atoms with Crippen molar-refractivity contribution in [2.24, 2.45) is 0 Å².